The summed E-state index contributed by atoms with van der Waals surface area (Å²) >= 11 is 0. The summed E-state index contributed by atoms with van der Waals surface area (Å²) in [6.45, 7) is 11.1. The highest BCUT2D eigenvalue weighted by Crippen LogP contribution is 2.20. The van der Waals surface area contributed by atoms with E-state index in [1.807, 2.05) is 34.6 Å². The Morgan fingerprint density at radius 1 is 1.42 bits per heavy atom. The average Bonchev–Trinajstić information content (AvgIpc) is 2.95. The molecule has 1 aliphatic heterocycles. The molecule has 2 amide bonds. The van der Waals surface area contributed by atoms with Crippen LogP contribution in [-0.4, -0.2) is 46.0 Å². The molecular formula is C17H28N4O3. The number of carbonyl (C=O) groups excluding carboxylic acids is 2. The normalized spacial score (nSPS) is 18.8. The van der Waals surface area contributed by atoms with E-state index in [4.69, 9.17) is 4.52 Å². The molecule has 0 radical (unpaired) electrons. The fraction of sp³-hybridized carbons (Fsp3) is 0.765. The van der Waals surface area contributed by atoms with Gasteiger partial charge < -0.3 is 14.7 Å². The zero-order chi connectivity index (χ0) is 17.9. The van der Waals surface area contributed by atoms with Crippen LogP contribution in [0, 0.1) is 5.92 Å². The lowest BCUT2D eigenvalue weighted by Crippen LogP contribution is -2.59. The lowest BCUT2D eigenvalue weighted by molar-refractivity contribution is -0.145. The zero-order valence-electron chi connectivity index (χ0n) is 15.3. The van der Waals surface area contributed by atoms with Crippen molar-refractivity contribution in [2.45, 2.75) is 65.3 Å². The van der Waals surface area contributed by atoms with Gasteiger partial charge in [0.1, 0.15) is 6.04 Å². The van der Waals surface area contributed by atoms with Crippen molar-refractivity contribution in [3.63, 3.8) is 0 Å². The van der Waals surface area contributed by atoms with E-state index in [0.717, 1.165) is 0 Å². The predicted octanol–water partition coefficient (Wildman–Crippen LogP) is 1.67. The van der Waals surface area contributed by atoms with Crippen molar-refractivity contribution in [2.75, 3.05) is 13.1 Å². The summed E-state index contributed by atoms with van der Waals surface area (Å²) in [5.41, 5.74) is -0.150. The van der Waals surface area contributed by atoms with E-state index in [-0.39, 0.29) is 29.2 Å². The summed E-state index contributed by atoms with van der Waals surface area (Å²) in [6, 6.07) is -0.373. The van der Waals surface area contributed by atoms with Crippen LogP contribution in [0.25, 0.3) is 0 Å². The molecule has 2 heterocycles. The molecule has 1 N–H and O–H groups in total. The molecule has 1 saturated heterocycles. The second-order valence-electron chi connectivity index (χ2n) is 7.68. The minimum absolute atomic E-state index is 0.0131. The number of hydrogen-bond donors (Lipinski definition) is 1. The zero-order valence-corrected chi connectivity index (χ0v) is 15.3. The van der Waals surface area contributed by atoms with Crippen LogP contribution >= 0.6 is 0 Å². The lowest BCUT2D eigenvalue weighted by atomic mass is 9.96. The summed E-state index contributed by atoms with van der Waals surface area (Å²) in [4.78, 5) is 30.6. The van der Waals surface area contributed by atoms with Crippen molar-refractivity contribution in [1.29, 1.82) is 0 Å². The van der Waals surface area contributed by atoms with Gasteiger partial charge in [-0.3, -0.25) is 9.59 Å². The second-order valence-corrected chi connectivity index (χ2v) is 7.68. The van der Waals surface area contributed by atoms with E-state index in [2.05, 4.69) is 15.5 Å². The molecule has 0 aliphatic carbocycles. The van der Waals surface area contributed by atoms with Gasteiger partial charge in [0.15, 0.2) is 5.82 Å². The van der Waals surface area contributed by atoms with Crippen LogP contribution in [0.15, 0.2) is 4.52 Å². The van der Waals surface area contributed by atoms with Crippen LogP contribution < -0.4 is 5.32 Å². The van der Waals surface area contributed by atoms with E-state index in [1.165, 1.54) is 0 Å². The Bertz CT molecular complexity index is 589. The molecule has 0 saturated carbocycles. The predicted molar refractivity (Wildman–Crippen MR) is 89.3 cm³/mol. The number of rotatable bonds is 5. The quantitative estimate of drug-likeness (QED) is 0.883. The molecule has 0 aromatic carbocycles. The molecule has 1 fully saturated rings. The highest BCUT2D eigenvalue weighted by molar-refractivity contribution is 5.89. The van der Waals surface area contributed by atoms with Crippen LogP contribution in [0.1, 0.15) is 59.2 Å². The Morgan fingerprint density at radius 2 is 2.12 bits per heavy atom. The van der Waals surface area contributed by atoms with Gasteiger partial charge in [-0.05, 0) is 12.3 Å². The van der Waals surface area contributed by atoms with E-state index < -0.39 is 0 Å². The van der Waals surface area contributed by atoms with E-state index >= 15 is 0 Å². The van der Waals surface area contributed by atoms with Gasteiger partial charge in [-0.1, -0.05) is 39.8 Å². The van der Waals surface area contributed by atoms with Gasteiger partial charge in [-0.25, -0.2) is 0 Å². The minimum Gasteiger partial charge on any atom is -0.353 e. The molecule has 0 unspecified atom stereocenters. The first kappa shape index (κ1) is 18.4. The number of carbonyl (C=O) groups is 2. The second kappa shape index (κ2) is 7.32. The third-order valence-corrected chi connectivity index (χ3v) is 4.13. The molecule has 1 aromatic heterocycles. The van der Waals surface area contributed by atoms with Crippen molar-refractivity contribution < 1.29 is 14.1 Å². The molecule has 2 rings (SSSR count). The van der Waals surface area contributed by atoms with Gasteiger partial charge in [0, 0.05) is 31.3 Å². The maximum absolute atomic E-state index is 12.5. The van der Waals surface area contributed by atoms with Gasteiger partial charge in [-0.2, -0.15) is 4.98 Å². The molecule has 0 bridgehead atoms. The van der Waals surface area contributed by atoms with Gasteiger partial charge in [0.2, 0.25) is 17.7 Å². The Hall–Kier alpha value is -1.92. The molecule has 24 heavy (non-hydrogen) atoms. The van der Waals surface area contributed by atoms with Crippen LogP contribution in [0.5, 0.6) is 0 Å². The third-order valence-electron chi connectivity index (χ3n) is 4.13. The van der Waals surface area contributed by atoms with Crippen molar-refractivity contribution in [1.82, 2.24) is 20.4 Å². The molecule has 0 spiro atoms. The SMILES string of the molecule is CC(C)[C@@H]1C(=O)NCCN1C(=O)CCCc1nc(C(C)(C)C)no1. The lowest BCUT2D eigenvalue weighted by Gasteiger charge is -2.37. The van der Waals surface area contributed by atoms with E-state index in [1.54, 1.807) is 4.90 Å². The van der Waals surface area contributed by atoms with Crippen LogP contribution in [0.3, 0.4) is 0 Å². The van der Waals surface area contributed by atoms with Crippen molar-refractivity contribution in [3.8, 4) is 0 Å². The van der Waals surface area contributed by atoms with Gasteiger partial charge >= 0.3 is 0 Å². The van der Waals surface area contributed by atoms with E-state index in [0.29, 0.717) is 44.1 Å². The Kier molecular flexibility index (Phi) is 5.62. The molecule has 1 aliphatic rings. The highest BCUT2D eigenvalue weighted by Gasteiger charge is 2.34. The molecule has 1 aromatic rings. The number of nitrogens with one attached hydrogen (secondary N) is 1. The topological polar surface area (TPSA) is 88.3 Å². The minimum atomic E-state index is -0.373. The number of nitrogens with zero attached hydrogens (tertiary/aromatic N) is 3. The van der Waals surface area contributed by atoms with Gasteiger partial charge in [0.25, 0.3) is 0 Å². The monoisotopic (exact) mass is 336 g/mol. The van der Waals surface area contributed by atoms with Crippen molar-refractivity contribution in [2.24, 2.45) is 5.92 Å². The molecular weight excluding hydrogens is 308 g/mol. The number of piperazine rings is 1. The summed E-state index contributed by atoms with van der Waals surface area (Å²) in [6.07, 6.45) is 1.58. The fourth-order valence-electron chi connectivity index (χ4n) is 2.82. The van der Waals surface area contributed by atoms with Gasteiger partial charge in [-0.15, -0.1) is 0 Å². The summed E-state index contributed by atoms with van der Waals surface area (Å²) < 4.78 is 5.24. The number of aryl methyl sites for hydroxylation is 1. The van der Waals surface area contributed by atoms with Crippen LogP contribution in [0.4, 0.5) is 0 Å². The largest absolute Gasteiger partial charge is 0.353 e. The summed E-state index contributed by atoms with van der Waals surface area (Å²) in [5.74, 6) is 1.29. The molecule has 1 atom stereocenters. The van der Waals surface area contributed by atoms with Crippen molar-refractivity contribution >= 4 is 11.8 Å². The summed E-state index contributed by atoms with van der Waals surface area (Å²) in [5, 5.41) is 6.82. The Labute approximate surface area is 143 Å². The Balaban J connectivity index is 1.88. The standard InChI is InChI=1S/C17H28N4O3/c1-11(2)14-15(23)18-9-10-21(14)13(22)8-6-7-12-19-16(20-24-12)17(3,4)5/h11,14H,6-10H2,1-5H3,(H,18,23)/t14-/m1/s1. The van der Waals surface area contributed by atoms with Crippen LogP contribution in [0.2, 0.25) is 0 Å². The fourth-order valence-corrected chi connectivity index (χ4v) is 2.82. The first-order valence-corrected chi connectivity index (χ1v) is 8.60. The third kappa shape index (κ3) is 4.33. The highest BCUT2D eigenvalue weighted by atomic mass is 16.5. The number of hydrogen-bond acceptors (Lipinski definition) is 5. The average molecular weight is 336 g/mol. The van der Waals surface area contributed by atoms with Crippen molar-refractivity contribution in [3.05, 3.63) is 11.7 Å². The smallest absolute Gasteiger partial charge is 0.243 e. The number of aromatic nitrogens is 2. The maximum Gasteiger partial charge on any atom is 0.243 e. The molecule has 7 heteroatoms. The first-order chi connectivity index (χ1) is 11.2. The summed E-state index contributed by atoms with van der Waals surface area (Å²) in [7, 11) is 0. The number of amides is 2. The first-order valence-electron chi connectivity index (χ1n) is 8.60. The Morgan fingerprint density at radius 3 is 2.71 bits per heavy atom. The molecule has 7 nitrogen and oxygen atoms in total. The molecule has 134 valence electrons. The maximum atomic E-state index is 12.5. The van der Waals surface area contributed by atoms with Gasteiger partial charge in [0.05, 0.1) is 0 Å². The van der Waals surface area contributed by atoms with Crippen LogP contribution in [-0.2, 0) is 21.4 Å². The van der Waals surface area contributed by atoms with E-state index in [9.17, 15) is 9.59 Å².